The Hall–Kier alpha value is -1.10. The first-order valence-corrected chi connectivity index (χ1v) is 6.49. The molecule has 0 fully saturated rings. The Morgan fingerprint density at radius 3 is 2.29 bits per heavy atom. The molecular weight excluding hydrogens is 212 g/mol. The molecule has 0 rings (SSSR count). The highest BCUT2D eigenvalue weighted by Gasteiger charge is 2.29. The molecule has 0 saturated carbocycles. The Kier molecular flexibility index (Phi) is 7.54. The van der Waals surface area contributed by atoms with E-state index in [0.29, 0.717) is 6.42 Å². The molecule has 0 aromatic rings. The van der Waals surface area contributed by atoms with Crippen molar-refractivity contribution in [3.63, 3.8) is 0 Å². The number of carbonyl (C=O) groups excluding carboxylic acids is 2. The zero-order chi connectivity index (χ0) is 13.3. The third-order valence-electron chi connectivity index (χ3n) is 3.38. The summed E-state index contributed by atoms with van der Waals surface area (Å²) in [6.07, 6.45) is 4.54. The van der Waals surface area contributed by atoms with Crippen molar-refractivity contribution >= 4 is 11.6 Å². The second kappa shape index (κ2) is 8.06. The highest BCUT2D eigenvalue weighted by molar-refractivity contribution is 5.98. The summed E-state index contributed by atoms with van der Waals surface area (Å²) >= 11 is 0. The predicted molar refractivity (Wildman–Crippen MR) is 70.6 cm³/mol. The van der Waals surface area contributed by atoms with Gasteiger partial charge in [-0.1, -0.05) is 39.5 Å². The van der Waals surface area contributed by atoms with Gasteiger partial charge in [0.1, 0.15) is 5.78 Å². The molecule has 0 aliphatic rings. The van der Waals surface area contributed by atoms with Crippen molar-refractivity contribution in [1.82, 2.24) is 0 Å². The van der Waals surface area contributed by atoms with E-state index in [0.717, 1.165) is 25.7 Å². The van der Waals surface area contributed by atoms with E-state index < -0.39 is 0 Å². The van der Waals surface area contributed by atoms with Gasteiger partial charge in [-0.25, -0.2) is 0 Å². The largest absolute Gasteiger partial charge is 0.299 e. The molecule has 1 unspecified atom stereocenters. The molecule has 0 amide bonds. The van der Waals surface area contributed by atoms with E-state index >= 15 is 0 Å². The molecule has 17 heavy (non-hydrogen) atoms. The first-order chi connectivity index (χ1) is 8.00. The number of hydrogen-bond donors (Lipinski definition) is 0. The van der Waals surface area contributed by atoms with E-state index in [1.807, 2.05) is 13.8 Å². The van der Waals surface area contributed by atoms with Crippen LogP contribution in [-0.4, -0.2) is 11.6 Å². The number of carbonyl (C=O) groups is 2. The summed E-state index contributed by atoms with van der Waals surface area (Å²) in [6, 6.07) is 0. The lowest BCUT2D eigenvalue weighted by molar-refractivity contribution is -0.130. The maximum Gasteiger partial charge on any atom is 0.205 e. The van der Waals surface area contributed by atoms with Crippen LogP contribution >= 0.6 is 0 Å². The molecule has 0 spiro atoms. The summed E-state index contributed by atoms with van der Waals surface area (Å²) in [7, 11) is 0. The Labute approximate surface area is 105 Å². The number of unbranched alkanes of at least 4 members (excludes halogenated alkanes) is 1. The van der Waals surface area contributed by atoms with E-state index in [9.17, 15) is 9.59 Å². The van der Waals surface area contributed by atoms with Crippen LogP contribution in [0.4, 0.5) is 0 Å². The lowest BCUT2D eigenvalue weighted by Crippen LogP contribution is -2.27. The highest BCUT2D eigenvalue weighted by Crippen LogP contribution is 2.30. The molecule has 0 aliphatic carbocycles. The van der Waals surface area contributed by atoms with Gasteiger partial charge in [-0.3, -0.25) is 9.59 Å². The Balaban J connectivity index is 4.33. The van der Waals surface area contributed by atoms with E-state index in [1.54, 1.807) is 6.92 Å². The summed E-state index contributed by atoms with van der Waals surface area (Å²) in [6.45, 7) is 7.82. The minimum absolute atomic E-state index is 0.130. The molecule has 0 aromatic heterocycles. The van der Waals surface area contributed by atoms with Crippen LogP contribution in [-0.2, 0) is 9.59 Å². The van der Waals surface area contributed by atoms with Gasteiger partial charge in [-0.2, -0.15) is 0 Å². The second-order valence-corrected chi connectivity index (χ2v) is 4.74. The van der Waals surface area contributed by atoms with Crippen LogP contribution in [0.15, 0.2) is 0 Å². The summed E-state index contributed by atoms with van der Waals surface area (Å²) in [5.41, 5.74) is -0.254. The van der Waals surface area contributed by atoms with Gasteiger partial charge in [0.25, 0.3) is 0 Å². The normalized spacial score (nSPS) is 13.4. The van der Waals surface area contributed by atoms with Gasteiger partial charge in [-0.05, 0) is 25.7 Å². The van der Waals surface area contributed by atoms with Crippen molar-refractivity contribution in [2.24, 2.45) is 5.41 Å². The SMILES string of the molecule is CC#CC(=O)CCC(=O)C(C)(CC)CCCC. The summed E-state index contributed by atoms with van der Waals surface area (Å²) in [4.78, 5) is 23.4. The van der Waals surface area contributed by atoms with Crippen molar-refractivity contribution in [1.29, 1.82) is 0 Å². The monoisotopic (exact) mass is 236 g/mol. The van der Waals surface area contributed by atoms with E-state index in [1.165, 1.54) is 0 Å². The van der Waals surface area contributed by atoms with Crippen LogP contribution in [0, 0.1) is 17.3 Å². The number of rotatable bonds is 8. The standard InChI is InChI=1S/C15H24O2/c1-5-8-12-15(4,7-3)14(17)11-10-13(16)9-6-2/h5,7-8,10-12H2,1-4H3. The van der Waals surface area contributed by atoms with E-state index in [4.69, 9.17) is 0 Å². The first kappa shape index (κ1) is 15.9. The maximum atomic E-state index is 12.1. The fourth-order valence-electron chi connectivity index (χ4n) is 1.81. The molecule has 0 saturated heterocycles. The first-order valence-electron chi connectivity index (χ1n) is 6.49. The van der Waals surface area contributed by atoms with Crippen molar-refractivity contribution in [2.45, 2.75) is 66.2 Å². The van der Waals surface area contributed by atoms with Gasteiger partial charge in [0.05, 0.1) is 0 Å². The summed E-state index contributed by atoms with van der Waals surface area (Å²) in [5, 5.41) is 0. The van der Waals surface area contributed by atoms with Crippen LogP contribution in [0.25, 0.3) is 0 Å². The topological polar surface area (TPSA) is 34.1 Å². The second-order valence-electron chi connectivity index (χ2n) is 4.74. The van der Waals surface area contributed by atoms with Gasteiger partial charge < -0.3 is 0 Å². The molecule has 0 heterocycles. The molecule has 0 radical (unpaired) electrons. The molecule has 2 heteroatoms. The van der Waals surface area contributed by atoms with Crippen LogP contribution in [0.5, 0.6) is 0 Å². The van der Waals surface area contributed by atoms with Crippen molar-refractivity contribution in [2.75, 3.05) is 0 Å². The highest BCUT2D eigenvalue weighted by atomic mass is 16.1. The zero-order valence-corrected chi connectivity index (χ0v) is 11.6. The van der Waals surface area contributed by atoms with Gasteiger partial charge in [0.2, 0.25) is 5.78 Å². The van der Waals surface area contributed by atoms with Crippen molar-refractivity contribution in [3.8, 4) is 11.8 Å². The van der Waals surface area contributed by atoms with Gasteiger partial charge in [0, 0.05) is 18.3 Å². The molecule has 0 aromatic carbocycles. The van der Waals surface area contributed by atoms with Crippen LogP contribution < -0.4 is 0 Å². The Morgan fingerprint density at radius 1 is 1.18 bits per heavy atom. The lowest BCUT2D eigenvalue weighted by atomic mass is 9.77. The zero-order valence-electron chi connectivity index (χ0n) is 11.6. The third-order valence-corrected chi connectivity index (χ3v) is 3.38. The Morgan fingerprint density at radius 2 is 1.82 bits per heavy atom. The smallest absolute Gasteiger partial charge is 0.205 e. The molecule has 2 nitrogen and oxygen atoms in total. The van der Waals surface area contributed by atoms with Gasteiger partial charge in [0.15, 0.2) is 0 Å². The van der Waals surface area contributed by atoms with Crippen LogP contribution in [0.2, 0.25) is 0 Å². The maximum absolute atomic E-state index is 12.1. The number of hydrogen-bond acceptors (Lipinski definition) is 2. The van der Waals surface area contributed by atoms with Crippen molar-refractivity contribution in [3.05, 3.63) is 0 Å². The average molecular weight is 236 g/mol. The molecule has 1 atom stereocenters. The minimum Gasteiger partial charge on any atom is -0.299 e. The molecule has 0 N–H and O–H groups in total. The van der Waals surface area contributed by atoms with Gasteiger partial charge >= 0.3 is 0 Å². The molecule has 0 aliphatic heterocycles. The fourth-order valence-corrected chi connectivity index (χ4v) is 1.81. The van der Waals surface area contributed by atoms with Gasteiger partial charge in [-0.15, -0.1) is 0 Å². The quantitative estimate of drug-likeness (QED) is 0.477. The molecule has 0 bridgehead atoms. The molecule has 96 valence electrons. The number of ketones is 2. The summed E-state index contributed by atoms with van der Waals surface area (Å²) < 4.78 is 0. The number of Topliss-reactive ketones (excluding diaryl/α,β-unsaturated/α-hetero) is 2. The minimum atomic E-state index is -0.254. The third kappa shape index (κ3) is 5.68. The molecular formula is C15H24O2. The van der Waals surface area contributed by atoms with E-state index in [2.05, 4.69) is 18.8 Å². The fraction of sp³-hybridized carbons (Fsp3) is 0.733. The Bertz CT molecular complexity index is 320. The lowest BCUT2D eigenvalue weighted by Gasteiger charge is -2.26. The predicted octanol–water partition coefficient (Wildman–Crippen LogP) is 3.53. The average Bonchev–Trinajstić information content (AvgIpc) is 2.33. The van der Waals surface area contributed by atoms with Crippen LogP contribution in [0.3, 0.4) is 0 Å². The van der Waals surface area contributed by atoms with Crippen molar-refractivity contribution < 1.29 is 9.59 Å². The van der Waals surface area contributed by atoms with Crippen LogP contribution in [0.1, 0.15) is 66.2 Å². The van der Waals surface area contributed by atoms with E-state index in [-0.39, 0.29) is 23.4 Å². The summed E-state index contributed by atoms with van der Waals surface area (Å²) in [5.74, 6) is 5.12.